The van der Waals surface area contributed by atoms with Gasteiger partial charge in [-0.3, -0.25) is 9.78 Å². The smallest absolute Gasteiger partial charge is 0.356 e. The predicted octanol–water partition coefficient (Wildman–Crippen LogP) is 2.64. The number of halogens is 3. The van der Waals surface area contributed by atoms with Crippen LogP contribution in [0.4, 0.5) is 13.2 Å². The van der Waals surface area contributed by atoms with Crippen molar-refractivity contribution in [1.82, 2.24) is 10.3 Å². The van der Waals surface area contributed by atoms with Gasteiger partial charge < -0.3 is 5.32 Å². The normalized spacial score (nSPS) is 11.8. The highest BCUT2D eigenvalue weighted by Gasteiger charge is 2.30. The molecule has 0 bridgehead atoms. The largest absolute Gasteiger partial charge is 0.417 e. The monoisotopic (exact) mass is 258 g/mol. The first-order valence-corrected chi connectivity index (χ1v) is 5.34. The summed E-state index contributed by atoms with van der Waals surface area (Å²) in [7, 11) is 0. The number of amides is 1. The number of hydrogen-bond acceptors (Lipinski definition) is 2. The van der Waals surface area contributed by atoms with Crippen LogP contribution in [0.3, 0.4) is 0 Å². The summed E-state index contributed by atoms with van der Waals surface area (Å²) in [4.78, 5) is 14.2. The zero-order valence-corrected chi connectivity index (χ0v) is 9.79. The lowest BCUT2D eigenvalue weighted by molar-refractivity contribution is -0.137. The highest BCUT2D eigenvalue weighted by atomic mass is 19.4. The van der Waals surface area contributed by atoms with E-state index in [0.717, 1.165) is 12.3 Å². The van der Waals surface area contributed by atoms with E-state index in [0.29, 0.717) is 18.7 Å². The van der Waals surface area contributed by atoms with Crippen molar-refractivity contribution in [3.05, 3.63) is 35.7 Å². The third-order valence-electron chi connectivity index (χ3n) is 2.09. The first-order chi connectivity index (χ1) is 8.39. The molecule has 1 aromatic heterocycles. The quantitative estimate of drug-likeness (QED) is 0.843. The Morgan fingerprint density at radius 2 is 2.17 bits per heavy atom. The predicted molar refractivity (Wildman–Crippen MR) is 61.6 cm³/mol. The average molecular weight is 258 g/mol. The lowest BCUT2D eigenvalue weighted by atomic mass is 10.2. The Balaban J connectivity index is 2.49. The summed E-state index contributed by atoms with van der Waals surface area (Å²) in [6.07, 6.45) is 0.393. The number of pyridine rings is 1. The first-order valence-electron chi connectivity index (χ1n) is 5.34. The lowest BCUT2D eigenvalue weighted by Crippen LogP contribution is -2.20. The van der Waals surface area contributed by atoms with Gasteiger partial charge in [-0.25, -0.2) is 0 Å². The molecule has 3 nitrogen and oxygen atoms in total. The first kappa shape index (κ1) is 14.2. The van der Waals surface area contributed by atoms with E-state index in [9.17, 15) is 18.0 Å². The van der Waals surface area contributed by atoms with Crippen LogP contribution >= 0.6 is 0 Å². The molecule has 0 spiro atoms. The molecule has 98 valence electrons. The molecule has 6 heteroatoms. The van der Waals surface area contributed by atoms with E-state index in [2.05, 4.69) is 10.3 Å². The van der Waals surface area contributed by atoms with Crippen molar-refractivity contribution >= 4 is 12.0 Å². The fourth-order valence-electron chi connectivity index (χ4n) is 1.21. The summed E-state index contributed by atoms with van der Waals surface area (Å²) in [6, 6.07) is 2.29. The fraction of sp³-hybridized carbons (Fsp3) is 0.333. The standard InChI is InChI=1S/C12H13F3N2O/c1-9(18)16-7-3-2-4-11-6-5-10(8-17-11)12(13,14)15/h2,4-6,8H,3,7H2,1H3,(H,16,18). The van der Waals surface area contributed by atoms with E-state index >= 15 is 0 Å². The zero-order valence-electron chi connectivity index (χ0n) is 9.79. The third-order valence-corrected chi connectivity index (χ3v) is 2.09. The molecular formula is C12H13F3N2O. The number of carbonyl (C=O) groups excluding carboxylic acids is 1. The molecule has 0 radical (unpaired) electrons. The molecular weight excluding hydrogens is 245 g/mol. The molecule has 0 saturated heterocycles. The molecule has 18 heavy (non-hydrogen) atoms. The van der Waals surface area contributed by atoms with Crippen LogP contribution in [0.5, 0.6) is 0 Å². The fourth-order valence-corrected chi connectivity index (χ4v) is 1.21. The second-order valence-electron chi connectivity index (χ2n) is 3.64. The van der Waals surface area contributed by atoms with Gasteiger partial charge in [0, 0.05) is 19.7 Å². The van der Waals surface area contributed by atoms with Gasteiger partial charge in [-0.05, 0) is 24.6 Å². The number of carbonyl (C=O) groups is 1. The number of nitrogens with one attached hydrogen (secondary N) is 1. The van der Waals surface area contributed by atoms with Crippen LogP contribution in [0, 0.1) is 0 Å². The maximum absolute atomic E-state index is 12.2. The van der Waals surface area contributed by atoms with Crippen LogP contribution in [0.1, 0.15) is 24.6 Å². The molecule has 1 rings (SSSR count). The summed E-state index contributed by atoms with van der Waals surface area (Å²) in [5.74, 6) is -0.115. The van der Waals surface area contributed by atoms with Crippen LogP contribution in [-0.4, -0.2) is 17.4 Å². The Morgan fingerprint density at radius 1 is 1.44 bits per heavy atom. The minimum Gasteiger partial charge on any atom is -0.356 e. The van der Waals surface area contributed by atoms with Gasteiger partial charge in [0.15, 0.2) is 0 Å². The summed E-state index contributed by atoms with van der Waals surface area (Å²) < 4.78 is 36.7. The van der Waals surface area contributed by atoms with Crippen LogP contribution in [0.25, 0.3) is 6.08 Å². The second kappa shape index (κ2) is 6.18. The summed E-state index contributed by atoms with van der Waals surface area (Å²) in [6.45, 7) is 1.91. The van der Waals surface area contributed by atoms with E-state index < -0.39 is 11.7 Å². The maximum atomic E-state index is 12.2. The van der Waals surface area contributed by atoms with Crippen molar-refractivity contribution in [2.75, 3.05) is 6.54 Å². The van der Waals surface area contributed by atoms with Gasteiger partial charge in [-0.15, -0.1) is 0 Å². The molecule has 1 heterocycles. The lowest BCUT2D eigenvalue weighted by Gasteiger charge is -2.05. The van der Waals surface area contributed by atoms with Gasteiger partial charge in [0.25, 0.3) is 0 Å². The molecule has 0 fully saturated rings. The van der Waals surface area contributed by atoms with Crippen molar-refractivity contribution in [2.24, 2.45) is 0 Å². The Morgan fingerprint density at radius 3 is 2.67 bits per heavy atom. The van der Waals surface area contributed by atoms with Crippen LogP contribution in [-0.2, 0) is 11.0 Å². The van der Waals surface area contributed by atoms with Gasteiger partial charge in [-0.1, -0.05) is 6.08 Å². The maximum Gasteiger partial charge on any atom is 0.417 e. The van der Waals surface area contributed by atoms with E-state index in [1.807, 2.05) is 0 Å². The minimum absolute atomic E-state index is 0.115. The zero-order chi connectivity index (χ0) is 13.6. The molecule has 0 aliphatic carbocycles. The van der Waals surface area contributed by atoms with E-state index in [1.54, 1.807) is 12.2 Å². The van der Waals surface area contributed by atoms with E-state index in [1.165, 1.54) is 13.0 Å². The molecule has 0 aliphatic heterocycles. The Labute approximate surface area is 103 Å². The van der Waals surface area contributed by atoms with Gasteiger partial charge >= 0.3 is 6.18 Å². The number of nitrogens with zero attached hydrogens (tertiary/aromatic N) is 1. The number of aromatic nitrogens is 1. The molecule has 1 N–H and O–H groups in total. The molecule has 0 unspecified atom stereocenters. The van der Waals surface area contributed by atoms with Crippen LogP contribution in [0.2, 0.25) is 0 Å². The molecule has 0 aliphatic rings. The van der Waals surface area contributed by atoms with Gasteiger partial charge in [0.05, 0.1) is 11.3 Å². The van der Waals surface area contributed by atoms with Gasteiger partial charge in [0.2, 0.25) is 5.91 Å². The molecule has 0 atom stereocenters. The van der Waals surface area contributed by atoms with Gasteiger partial charge in [0.1, 0.15) is 0 Å². The summed E-state index contributed by atoms with van der Waals surface area (Å²) in [5.41, 5.74) is -0.316. The number of alkyl halides is 3. The molecule has 0 saturated carbocycles. The van der Waals surface area contributed by atoms with Crippen molar-refractivity contribution in [3.63, 3.8) is 0 Å². The molecule has 0 aromatic carbocycles. The SMILES string of the molecule is CC(=O)NCCC=Cc1ccc(C(F)(F)F)cn1. The summed E-state index contributed by atoms with van der Waals surface area (Å²) >= 11 is 0. The van der Waals surface area contributed by atoms with E-state index in [-0.39, 0.29) is 5.91 Å². The number of hydrogen-bond donors (Lipinski definition) is 1. The Kier molecular flexibility index (Phi) is 4.88. The minimum atomic E-state index is -4.36. The topological polar surface area (TPSA) is 42.0 Å². The van der Waals surface area contributed by atoms with Crippen molar-refractivity contribution in [1.29, 1.82) is 0 Å². The van der Waals surface area contributed by atoms with E-state index in [4.69, 9.17) is 0 Å². The highest BCUT2D eigenvalue weighted by molar-refractivity contribution is 5.72. The Hall–Kier alpha value is -1.85. The average Bonchev–Trinajstić information content (AvgIpc) is 2.27. The summed E-state index contributed by atoms with van der Waals surface area (Å²) in [5, 5.41) is 2.60. The van der Waals surface area contributed by atoms with Crippen molar-refractivity contribution in [2.45, 2.75) is 19.5 Å². The second-order valence-corrected chi connectivity index (χ2v) is 3.64. The van der Waals surface area contributed by atoms with Crippen LogP contribution < -0.4 is 5.32 Å². The van der Waals surface area contributed by atoms with Gasteiger partial charge in [-0.2, -0.15) is 13.2 Å². The molecule has 1 amide bonds. The van der Waals surface area contributed by atoms with Crippen LogP contribution in [0.15, 0.2) is 24.4 Å². The molecule has 1 aromatic rings. The number of rotatable bonds is 4. The third kappa shape index (κ3) is 4.99. The van der Waals surface area contributed by atoms with Crippen molar-refractivity contribution < 1.29 is 18.0 Å². The van der Waals surface area contributed by atoms with Crippen molar-refractivity contribution in [3.8, 4) is 0 Å². The highest BCUT2D eigenvalue weighted by Crippen LogP contribution is 2.28. The Bertz CT molecular complexity index is 424.